The molecule has 0 saturated carbocycles. The van der Waals surface area contributed by atoms with Crippen molar-refractivity contribution in [1.29, 1.82) is 0 Å². The zero-order valence-corrected chi connectivity index (χ0v) is 21.0. The van der Waals surface area contributed by atoms with Gasteiger partial charge in [-0.15, -0.1) is 0 Å². The number of amides is 1. The number of halogens is 1. The third-order valence-electron chi connectivity index (χ3n) is 5.08. The van der Waals surface area contributed by atoms with Crippen molar-refractivity contribution in [3.05, 3.63) is 82.9 Å². The van der Waals surface area contributed by atoms with Gasteiger partial charge in [0.25, 0.3) is 10.0 Å². The van der Waals surface area contributed by atoms with E-state index >= 15 is 0 Å². The van der Waals surface area contributed by atoms with E-state index in [1.54, 1.807) is 24.3 Å². The maximum Gasteiger partial charge on any atom is 0.270 e. The van der Waals surface area contributed by atoms with Crippen LogP contribution in [0.4, 0.5) is 5.69 Å². The van der Waals surface area contributed by atoms with Crippen LogP contribution in [0.15, 0.2) is 71.6 Å². The SMILES string of the molecule is CCOc1ccc(N(C(=O)CCCOc2ccc(C)cc2C)S(=O)(=O)c2ccc(Cl)cc2)cc1. The van der Waals surface area contributed by atoms with Gasteiger partial charge in [0.1, 0.15) is 11.5 Å². The van der Waals surface area contributed by atoms with E-state index < -0.39 is 15.9 Å². The third kappa shape index (κ3) is 6.30. The van der Waals surface area contributed by atoms with Crippen LogP contribution in [0.1, 0.15) is 30.9 Å². The first kappa shape index (κ1) is 25.6. The summed E-state index contributed by atoms with van der Waals surface area (Å²) < 4.78 is 38.9. The lowest BCUT2D eigenvalue weighted by Gasteiger charge is -2.23. The number of benzene rings is 3. The molecule has 0 fully saturated rings. The molecule has 34 heavy (non-hydrogen) atoms. The fourth-order valence-corrected chi connectivity index (χ4v) is 5.02. The highest BCUT2D eigenvalue weighted by molar-refractivity contribution is 7.93. The number of carbonyl (C=O) groups excluding carboxylic acids is 1. The quantitative estimate of drug-likeness (QED) is 0.321. The molecule has 0 spiro atoms. The van der Waals surface area contributed by atoms with Crippen molar-refractivity contribution in [2.45, 2.75) is 38.5 Å². The van der Waals surface area contributed by atoms with E-state index in [1.807, 2.05) is 39.0 Å². The summed E-state index contributed by atoms with van der Waals surface area (Å²) >= 11 is 5.92. The van der Waals surface area contributed by atoms with Crippen LogP contribution in [0.5, 0.6) is 11.5 Å². The molecule has 0 aliphatic rings. The zero-order valence-electron chi connectivity index (χ0n) is 19.5. The number of aryl methyl sites for hydroxylation is 2. The fraction of sp³-hybridized carbons (Fsp3) is 0.269. The molecule has 0 N–H and O–H groups in total. The first-order valence-corrected chi connectivity index (χ1v) is 12.8. The molecule has 0 radical (unpaired) electrons. The molecule has 180 valence electrons. The number of rotatable bonds is 10. The number of ether oxygens (including phenoxy) is 2. The number of sulfonamides is 1. The van der Waals surface area contributed by atoms with Crippen LogP contribution in [-0.2, 0) is 14.8 Å². The maximum absolute atomic E-state index is 13.4. The van der Waals surface area contributed by atoms with Crippen molar-refractivity contribution in [2.24, 2.45) is 0 Å². The van der Waals surface area contributed by atoms with Gasteiger partial charge in [-0.2, -0.15) is 0 Å². The van der Waals surface area contributed by atoms with Crippen LogP contribution in [0.3, 0.4) is 0 Å². The monoisotopic (exact) mass is 501 g/mol. The highest BCUT2D eigenvalue weighted by Gasteiger charge is 2.30. The predicted molar refractivity (Wildman–Crippen MR) is 134 cm³/mol. The summed E-state index contributed by atoms with van der Waals surface area (Å²) in [7, 11) is -4.15. The van der Waals surface area contributed by atoms with Gasteiger partial charge in [-0.1, -0.05) is 29.3 Å². The van der Waals surface area contributed by atoms with Gasteiger partial charge in [-0.25, -0.2) is 12.7 Å². The molecular weight excluding hydrogens is 474 g/mol. The summed E-state index contributed by atoms with van der Waals surface area (Å²) in [6, 6.07) is 18.0. The van der Waals surface area contributed by atoms with Crippen molar-refractivity contribution in [3.63, 3.8) is 0 Å². The largest absolute Gasteiger partial charge is 0.494 e. The normalized spacial score (nSPS) is 11.2. The van der Waals surface area contributed by atoms with Crippen LogP contribution < -0.4 is 13.8 Å². The Morgan fingerprint density at radius 3 is 2.24 bits per heavy atom. The first-order chi connectivity index (χ1) is 16.2. The van der Waals surface area contributed by atoms with E-state index in [0.717, 1.165) is 21.2 Å². The van der Waals surface area contributed by atoms with Crippen LogP contribution in [0, 0.1) is 13.8 Å². The second kappa shape index (κ2) is 11.4. The minimum Gasteiger partial charge on any atom is -0.494 e. The fourth-order valence-electron chi connectivity index (χ4n) is 3.44. The zero-order chi connectivity index (χ0) is 24.7. The molecule has 0 aliphatic heterocycles. The van der Waals surface area contributed by atoms with E-state index in [1.165, 1.54) is 24.3 Å². The minimum atomic E-state index is -4.15. The summed E-state index contributed by atoms with van der Waals surface area (Å²) in [4.78, 5) is 13.2. The smallest absolute Gasteiger partial charge is 0.270 e. The van der Waals surface area contributed by atoms with Gasteiger partial charge >= 0.3 is 0 Å². The molecule has 1 amide bonds. The summed E-state index contributed by atoms with van der Waals surface area (Å²) in [5.74, 6) is 0.781. The second-order valence-electron chi connectivity index (χ2n) is 7.76. The first-order valence-electron chi connectivity index (χ1n) is 11.0. The molecular formula is C26H28ClNO5S. The topological polar surface area (TPSA) is 72.9 Å². The van der Waals surface area contributed by atoms with Crippen LogP contribution in [0.25, 0.3) is 0 Å². The lowest BCUT2D eigenvalue weighted by atomic mass is 10.1. The number of anilines is 1. The molecule has 8 heteroatoms. The molecule has 3 aromatic rings. The van der Waals surface area contributed by atoms with Crippen LogP contribution >= 0.6 is 11.6 Å². The summed E-state index contributed by atoms with van der Waals surface area (Å²) in [5, 5.41) is 0.404. The Balaban J connectivity index is 1.79. The number of hydrogen-bond donors (Lipinski definition) is 0. The number of carbonyl (C=O) groups is 1. The lowest BCUT2D eigenvalue weighted by molar-refractivity contribution is -0.117. The Labute approximate surface area is 206 Å². The Hall–Kier alpha value is -3.03. The molecule has 3 aromatic carbocycles. The van der Waals surface area contributed by atoms with Crippen LogP contribution in [-0.4, -0.2) is 27.5 Å². The van der Waals surface area contributed by atoms with E-state index in [2.05, 4.69) is 0 Å². The van der Waals surface area contributed by atoms with Gasteiger partial charge in [-0.05, 0) is 87.4 Å². The Morgan fingerprint density at radius 1 is 0.941 bits per heavy atom. The number of nitrogens with zero attached hydrogens (tertiary/aromatic N) is 1. The van der Waals surface area contributed by atoms with Gasteiger partial charge in [0.15, 0.2) is 0 Å². The summed E-state index contributed by atoms with van der Waals surface area (Å²) in [6.07, 6.45) is 0.348. The molecule has 0 aliphatic carbocycles. The van der Waals surface area contributed by atoms with Gasteiger partial charge in [0.05, 0.1) is 23.8 Å². The molecule has 3 rings (SSSR count). The molecule has 0 heterocycles. The van der Waals surface area contributed by atoms with Gasteiger partial charge in [-0.3, -0.25) is 4.79 Å². The average molecular weight is 502 g/mol. The summed E-state index contributed by atoms with van der Waals surface area (Å²) in [5.41, 5.74) is 2.38. The van der Waals surface area contributed by atoms with Gasteiger partial charge in [0, 0.05) is 11.4 Å². The average Bonchev–Trinajstić information content (AvgIpc) is 2.79. The number of hydrogen-bond acceptors (Lipinski definition) is 5. The molecule has 0 bridgehead atoms. The Bertz CT molecular complexity index is 1230. The van der Waals surface area contributed by atoms with Crippen molar-refractivity contribution >= 4 is 33.2 Å². The van der Waals surface area contributed by atoms with Crippen molar-refractivity contribution < 1.29 is 22.7 Å². The Morgan fingerprint density at radius 2 is 1.62 bits per heavy atom. The minimum absolute atomic E-state index is 0.00899. The summed E-state index contributed by atoms with van der Waals surface area (Å²) in [6.45, 7) is 6.58. The highest BCUT2D eigenvalue weighted by atomic mass is 35.5. The molecule has 0 unspecified atom stereocenters. The Kier molecular flexibility index (Phi) is 8.58. The van der Waals surface area contributed by atoms with E-state index in [4.69, 9.17) is 21.1 Å². The standard InChI is InChI=1S/C26H28ClNO5S/c1-4-32-23-12-10-22(11-13-23)28(34(30,31)24-14-8-21(27)9-15-24)26(29)6-5-17-33-25-16-7-19(2)18-20(25)3/h7-16,18H,4-6,17H2,1-3H3. The lowest BCUT2D eigenvalue weighted by Crippen LogP contribution is -2.37. The highest BCUT2D eigenvalue weighted by Crippen LogP contribution is 2.28. The van der Waals surface area contributed by atoms with E-state index in [0.29, 0.717) is 23.8 Å². The van der Waals surface area contributed by atoms with E-state index in [-0.39, 0.29) is 23.6 Å². The molecule has 0 aromatic heterocycles. The predicted octanol–water partition coefficient (Wildman–Crippen LogP) is 5.94. The maximum atomic E-state index is 13.4. The molecule has 0 atom stereocenters. The van der Waals surface area contributed by atoms with Gasteiger partial charge in [0.2, 0.25) is 5.91 Å². The van der Waals surface area contributed by atoms with E-state index in [9.17, 15) is 13.2 Å². The molecule has 0 saturated heterocycles. The van der Waals surface area contributed by atoms with Crippen LogP contribution in [0.2, 0.25) is 5.02 Å². The second-order valence-corrected chi connectivity index (χ2v) is 9.99. The van der Waals surface area contributed by atoms with Gasteiger partial charge < -0.3 is 9.47 Å². The van der Waals surface area contributed by atoms with Crippen molar-refractivity contribution in [1.82, 2.24) is 0 Å². The molecule has 6 nitrogen and oxygen atoms in total. The van der Waals surface area contributed by atoms with Crippen molar-refractivity contribution in [2.75, 3.05) is 17.5 Å². The third-order valence-corrected chi connectivity index (χ3v) is 7.10. The van der Waals surface area contributed by atoms with Crippen molar-refractivity contribution in [3.8, 4) is 11.5 Å².